The summed E-state index contributed by atoms with van der Waals surface area (Å²) in [5.41, 5.74) is 5.33. The summed E-state index contributed by atoms with van der Waals surface area (Å²) in [6.45, 7) is 4.41. The molecular weight excluding hydrogens is 268 g/mol. The topological polar surface area (TPSA) is 25.8 Å². The van der Waals surface area contributed by atoms with Crippen LogP contribution in [0.4, 0.5) is 0 Å². The highest BCUT2D eigenvalue weighted by molar-refractivity contribution is 5.18. The highest BCUT2D eigenvalue weighted by Gasteiger charge is 2.00. The van der Waals surface area contributed by atoms with Gasteiger partial charge >= 0.3 is 0 Å². The Morgan fingerprint density at radius 1 is 0.682 bits per heavy atom. The molecule has 0 aliphatic carbocycles. The van der Waals surface area contributed by atoms with E-state index in [0.29, 0.717) is 0 Å². The second kappa shape index (κ2) is 9.34. The molecule has 22 heavy (non-hydrogen) atoms. The van der Waals surface area contributed by atoms with Crippen molar-refractivity contribution in [1.29, 1.82) is 0 Å². The van der Waals surface area contributed by atoms with Crippen LogP contribution in [0.1, 0.15) is 62.0 Å². The molecule has 0 unspecified atom stereocenters. The molecule has 0 saturated heterocycles. The van der Waals surface area contributed by atoms with E-state index < -0.39 is 0 Å². The molecule has 2 heterocycles. The van der Waals surface area contributed by atoms with Gasteiger partial charge in [-0.05, 0) is 73.9 Å². The zero-order valence-corrected chi connectivity index (χ0v) is 14.0. The highest BCUT2D eigenvalue weighted by atomic mass is 14.7. The molecule has 0 fully saturated rings. The molecule has 2 rings (SSSR count). The van der Waals surface area contributed by atoms with E-state index in [2.05, 4.69) is 48.1 Å². The van der Waals surface area contributed by atoms with Gasteiger partial charge in [-0.3, -0.25) is 9.97 Å². The largest absolute Gasteiger partial charge is 0.261 e. The quantitative estimate of drug-likeness (QED) is 0.612. The molecule has 0 saturated carbocycles. The number of hydrogen-bond donors (Lipinski definition) is 0. The Morgan fingerprint density at radius 2 is 1.14 bits per heavy atom. The number of aryl methyl sites for hydroxylation is 4. The van der Waals surface area contributed by atoms with E-state index in [9.17, 15) is 0 Å². The summed E-state index contributed by atoms with van der Waals surface area (Å²) in [6, 6.07) is 8.86. The SMILES string of the molecule is CCCc1cc(CCCCc2ccnc(CCC)c2)ccn1. The van der Waals surface area contributed by atoms with E-state index in [0.717, 1.165) is 25.7 Å². The molecule has 2 nitrogen and oxygen atoms in total. The average molecular weight is 296 g/mol. The van der Waals surface area contributed by atoms with Crippen LogP contribution in [-0.4, -0.2) is 9.97 Å². The summed E-state index contributed by atoms with van der Waals surface area (Å²) in [5.74, 6) is 0. The maximum Gasteiger partial charge on any atom is 0.0406 e. The first-order valence-corrected chi connectivity index (χ1v) is 8.69. The third-order valence-electron chi connectivity index (χ3n) is 3.96. The molecule has 0 aliphatic rings. The molecule has 118 valence electrons. The molecule has 0 aliphatic heterocycles. The first kappa shape index (κ1) is 16.7. The standard InChI is InChI=1S/C20H28N2/c1-3-7-19-15-17(11-13-21-19)9-5-6-10-18-12-14-22-20(16-18)8-4-2/h11-16H,3-10H2,1-2H3. The van der Waals surface area contributed by atoms with Gasteiger partial charge in [0.25, 0.3) is 0 Å². The number of pyridine rings is 2. The molecule has 0 N–H and O–H groups in total. The fraction of sp³-hybridized carbons (Fsp3) is 0.500. The predicted molar refractivity (Wildman–Crippen MR) is 93.1 cm³/mol. The van der Waals surface area contributed by atoms with Crippen molar-refractivity contribution in [2.24, 2.45) is 0 Å². The maximum absolute atomic E-state index is 4.43. The Labute approximate surface area is 135 Å². The minimum Gasteiger partial charge on any atom is -0.261 e. The Morgan fingerprint density at radius 3 is 1.55 bits per heavy atom. The minimum atomic E-state index is 1.09. The summed E-state index contributed by atoms with van der Waals surface area (Å²) in [7, 11) is 0. The Bertz CT molecular complexity index is 512. The smallest absolute Gasteiger partial charge is 0.0406 e. The van der Waals surface area contributed by atoms with Gasteiger partial charge in [0, 0.05) is 23.8 Å². The number of unbranched alkanes of at least 4 members (excludes halogenated alkanes) is 1. The monoisotopic (exact) mass is 296 g/mol. The van der Waals surface area contributed by atoms with Crippen LogP contribution in [0, 0.1) is 0 Å². The summed E-state index contributed by atoms with van der Waals surface area (Å²) < 4.78 is 0. The van der Waals surface area contributed by atoms with Crippen molar-refractivity contribution in [3.8, 4) is 0 Å². The van der Waals surface area contributed by atoms with Gasteiger partial charge in [-0.25, -0.2) is 0 Å². The molecular formula is C20H28N2. The highest BCUT2D eigenvalue weighted by Crippen LogP contribution is 2.12. The number of nitrogens with zero attached hydrogens (tertiary/aromatic N) is 2. The van der Waals surface area contributed by atoms with Crippen LogP contribution in [0.3, 0.4) is 0 Å². The molecule has 0 spiro atoms. The maximum atomic E-state index is 4.43. The molecule has 0 radical (unpaired) electrons. The lowest BCUT2D eigenvalue weighted by atomic mass is 10.0. The Balaban J connectivity index is 1.77. The first-order chi connectivity index (χ1) is 10.8. The van der Waals surface area contributed by atoms with Crippen LogP contribution in [0.5, 0.6) is 0 Å². The molecule has 0 aromatic carbocycles. The molecule has 2 aromatic heterocycles. The van der Waals surface area contributed by atoms with Crippen molar-refractivity contribution in [1.82, 2.24) is 9.97 Å². The molecule has 2 aromatic rings. The van der Waals surface area contributed by atoms with Crippen molar-refractivity contribution in [2.45, 2.75) is 65.2 Å². The van der Waals surface area contributed by atoms with Gasteiger partial charge in [-0.1, -0.05) is 26.7 Å². The second-order valence-corrected chi connectivity index (χ2v) is 6.02. The lowest BCUT2D eigenvalue weighted by Crippen LogP contribution is -1.95. The third-order valence-corrected chi connectivity index (χ3v) is 3.96. The van der Waals surface area contributed by atoms with E-state index >= 15 is 0 Å². The van der Waals surface area contributed by atoms with Crippen molar-refractivity contribution in [3.63, 3.8) is 0 Å². The number of rotatable bonds is 9. The van der Waals surface area contributed by atoms with Gasteiger partial charge in [-0.2, -0.15) is 0 Å². The van der Waals surface area contributed by atoms with Crippen LogP contribution in [0.15, 0.2) is 36.7 Å². The van der Waals surface area contributed by atoms with Crippen LogP contribution in [0.2, 0.25) is 0 Å². The lowest BCUT2D eigenvalue weighted by molar-refractivity contribution is 0.729. The molecule has 0 amide bonds. The average Bonchev–Trinajstić information content (AvgIpc) is 2.53. The van der Waals surface area contributed by atoms with Gasteiger partial charge in [0.15, 0.2) is 0 Å². The Hall–Kier alpha value is -1.70. The van der Waals surface area contributed by atoms with Gasteiger partial charge in [0.1, 0.15) is 0 Å². The van der Waals surface area contributed by atoms with Crippen molar-refractivity contribution in [3.05, 3.63) is 59.2 Å². The van der Waals surface area contributed by atoms with E-state index in [-0.39, 0.29) is 0 Å². The predicted octanol–water partition coefficient (Wildman–Crippen LogP) is 4.95. The van der Waals surface area contributed by atoms with Crippen molar-refractivity contribution in [2.75, 3.05) is 0 Å². The second-order valence-electron chi connectivity index (χ2n) is 6.02. The van der Waals surface area contributed by atoms with Gasteiger partial charge < -0.3 is 0 Å². The van der Waals surface area contributed by atoms with E-state index in [1.165, 1.54) is 48.2 Å². The van der Waals surface area contributed by atoms with Crippen LogP contribution >= 0.6 is 0 Å². The lowest BCUT2D eigenvalue weighted by Gasteiger charge is -2.06. The molecule has 2 heteroatoms. The normalized spacial score (nSPS) is 10.8. The fourth-order valence-corrected chi connectivity index (χ4v) is 2.81. The first-order valence-electron chi connectivity index (χ1n) is 8.69. The molecule has 0 bridgehead atoms. The van der Waals surface area contributed by atoms with E-state index in [1.807, 2.05) is 12.4 Å². The van der Waals surface area contributed by atoms with Crippen LogP contribution in [-0.2, 0) is 25.7 Å². The van der Waals surface area contributed by atoms with Gasteiger partial charge in [0.05, 0.1) is 0 Å². The van der Waals surface area contributed by atoms with Crippen molar-refractivity contribution < 1.29 is 0 Å². The summed E-state index contributed by atoms with van der Waals surface area (Å²) in [4.78, 5) is 8.85. The zero-order valence-electron chi connectivity index (χ0n) is 14.0. The van der Waals surface area contributed by atoms with Gasteiger partial charge in [-0.15, -0.1) is 0 Å². The van der Waals surface area contributed by atoms with E-state index in [1.54, 1.807) is 0 Å². The zero-order chi connectivity index (χ0) is 15.6. The van der Waals surface area contributed by atoms with Gasteiger partial charge in [0.2, 0.25) is 0 Å². The third kappa shape index (κ3) is 5.59. The summed E-state index contributed by atoms with van der Waals surface area (Å²) in [6.07, 6.45) is 13.2. The molecule has 0 atom stereocenters. The number of hydrogen-bond acceptors (Lipinski definition) is 2. The fourth-order valence-electron chi connectivity index (χ4n) is 2.81. The summed E-state index contributed by atoms with van der Waals surface area (Å²) >= 11 is 0. The Kier molecular flexibility index (Phi) is 7.08. The number of aromatic nitrogens is 2. The minimum absolute atomic E-state index is 1.09. The van der Waals surface area contributed by atoms with E-state index in [4.69, 9.17) is 0 Å². The van der Waals surface area contributed by atoms with Crippen molar-refractivity contribution >= 4 is 0 Å². The summed E-state index contributed by atoms with van der Waals surface area (Å²) in [5, 5.41) is 0. The van der Waals surface area contributed by atoms with Crippen LogP contribution in [0.25, 0.3) is 0 Å². The van der Waals surface area contributed by atoms with Crippen LogP contribution < -0.4 is 0 Å².